The Balaban J connectivity index is 2.42. The van der Waals surface area contributed by atoms with Crippen molar-refractivity contribution < 1.29 is 21.2 Å². The molecule has 0 unspecified atom stereocenters. The van der Waals surface area contributed by atoms with E-state index < -0.39 is 35.7 Å². The monoisotopic (exact) mass is 334 g/mol. The van der Waals surface area contributed by atoms with Gasteiger partial charge in [-0.05, 0) is 31.5 Å². The van der Waals surface area contributed by atoms with Gasteiger partial charge in [0.1, 0.15) is 10.7 Å². The molecule has 0 aromatic heterocycles. The highest BCUT2D eigenvalue weighted by atomic mass is 32.2. The predicted molar refractivity (Wildman–Crippen MR) is 74.9 cm³/mol. The Labute approximate surface area is 123 Å². The minimum Gasteiger partial charge on any atom is -0.225 e. The zero-order valence-corrected chi connectivity index (χ0v) is 12.9. The van der Waals surface area contributed by atoms with Crippen molar-refractivity contribution >= 4 is 20.0 Å². The van der Waals surface area contributed by atoms with Crippen LogP contribution in [0.15, 0.2) is 39.6 Å². The second kappa shape index (κ2) is 5.48. The molecule has 0 saturated carbocycles. The minimum absolute atomic E-state index is 0.171. The van der Waals surface area contributed by atoms with Crippen LogP contribution < -0.4 is 5.14 Å². The van der Waals surface area contributed by atoms with Crippen molar-refractivity contribution in [3.8, 4) is 0 Å². The summed E-state index contributed by atoms with van der Waals surface area (Å²) in [6.45, 7) is 2.33. The average Bonchev–Trinajstić information content (AvgIpc) is 2.37. The maximum Gasteiger partial charge on any atom is 0.246 e. The SMILES string of the molecule is CC1=CCN(S(=O)(=O)c2ccc(S(N)(=O)=O)cc2F)CC1. The van der Waals surface area contributed by atoms with Crippen LogP contribution in [-0.2, 0) is 20.0 Å². The number of halogens is 1. The molecule has 1 aromatic carbocycles. The third-order valence-electron chi connectivity index (χ3n) is 3.25. The van der Waals surface area contributed by atoms with Gasteiger partial charge in [-0.15, -0.1) is 0 Å². The lowest BCUT2D eigenvalue weighted by Gasteiger charge is -2.25. The van der Waals surface area contributed by atoms with E-state index in [1.54, 1.807) is 6.08 Å². The minimum atomic E-state index is -4.08. The molecule has 0 atom stereocenters. The quantitative estimate of drug-likeness (QED) is 0.827. The summed E-state index contributed by atoms with van der Waals surface area (Å²) in [5.41, 5.74) is 1.08. The Kier molecular flexibility index (Phi) is 4.20. The molecule has 2 rings (SSSR count). The molecule has 2 N–H and O–H groups in total. The molecule has 0 saturated heterocycles. The molecule has 1 heterocycles. The van der Waals surface area contributed by atoms with Crippen LogP contribution >= 0.6 is 0 Å². The van der Waals surface area contributed by atoms with E-state index in [4.69, 9.17) is 5.14 Å². The fourth-order valence-electron chi connectivity index (χ4n) is 1.98. The normalized spacial score (nSPS) is 17.6. The van der Waals surface area contributed by atoms with Crippen LogP contribution in [0.4, 0.5) is 4.39 Å². The van der Waals surface area contributed by atoms with Crippen LogP contribution in [0.3, 0.4) is 0 Å². The number of nitrogens with zero attached hydrogens (tertiary/aromatic N) is 1. The maximum absolute atomic E-state index is 14.0. The second-order valence-electron chi connectivity index (χ2n) is 4.80. The van der Waals surface area contributed by atoms with Crippen molar-refractivity contribution in [2.75, 3.05) is 13.1 Å². The van der Waals surface area contributed by atoms with Crippen molar-refractivity contribution in [2.24, 2.45) is 5.14 Å². The van der Waals surface area contributed by atoms with E-state index in [-0.39, 0.29) is 13.1 Å². The third-order valence-corrected chi connectivity index (χ3v) is 6.06. The molecular weight excluding hydrogens is 319 g/mol. The van der Waals surface area contributed by atoms with Crippen molar-refractivity contribution in [3.05, 3.63) is 35.7 Å². The first-order chi connectivity index (χ1) is 9.62. The first-order valence-corrected chi connectivity index (χ1v) is 9.09. The van der Waals surface area contributed by atoms with Crippen LogP contribution in [0.1, 0.15) is 13.3 Å². The highest BCUT2D eigenvalue weighted by Crippen LogP contribution is 2.24. The molecule has 1 aliphatic rings. The lowest BCUT2D eigenvalue weighted by Crippen LogP contribution is -2.35. The van der Waals surface area contributed by atoms with Gasteiger partial charge >= 0.3 is 0 Å². The highest BCUT2D eigenvalue weighted by molar-refractivity contribution is 7.89. The van der Waals surface area contributed by atoms with Gasteiger partial charge in [-0.25, -0.2) is 26.4 Å². The van der Waals surface area contributed by atoms with E-state index in [0.717, 1.165) is 22.0 Å². The zero-order valence-electron chi connectivity index (χ0n) is 11.3. The largest absolute Gasteiger partial charge is 0.246 e. The van der Waals surface area contributed by atoms with Crippen LogP contribution in [0.25, 0.3) is 0 Å². The van der Waals surface area contributed by atoms with E-state index >= 15 is 0 Å². The third kappa shape index (κ3) is 3.31. The first-order valence-electron chi connectivity index (χ1n) is 6.10. The van der Waals surface area contributed by atoms with Gasteiger partial charge in [-0.2, -0.15) is 4.31 Å². The molecule has 0 aliphatic carbocycles. The van der Waals surface area contributed by atoms with Crippen molar-refractivity contribution in [3.63, 3.8) is 0 Å². The van der Waals surface area contributed by atoms with Gasteiger partial charge in [0.05, 0.1) is 4.90 Å². The molecule has 0 bridgehead atoms. The Morgan fingerprint density at radius 1 is 1.24 bits per heavy atom. The zero-order chi connectivity index (χ0) is 15.8. The second-order valence-corrected chi connectivity index (χ2v) is 8.27. The number of sulfonamides is 2. The van der Waals surface area contributed by atoms with E-state index in [0.29, 0.717) is 12.5 Å². The van der Waals surface area contributed by atoms with E-state index in [1.807, 2.05) is 6.92 Å². The molecule has 1 aromatic rings. The van der Waals surface area contributed by atoms with Gasteiger partial charge in [-0.3, -0.25) is 0 Å². The topological polar surface area (TPSA) is 97.5 Å². The summed E-state index contributed by atoms with van der Waals surface area (Å²) in [6.07, 6.45) is 2.34. The van der Waals surface area contributed by atoms with Gasteiger partial charge in [0.25, 0.3) is 0 Å². The number of hydrogen-bond donors (Lipinski definition) is 1. The smallest absolute Gasteiger partial charge is 0.225 e. The lowest BCUT2D eigenvalue weighted by atomic mass is 10.1. The summed E-state index contributed by atoms with van der Waals surface area (Å²) in [4.78, 5) is -1.02. The fraction of sp³-hybridized carbons (Fsp3) is 0.333. The Bertz CT molecular complexity index is 801. The number of hydrogen-bond acceptors (Lipinski definition) is 4. The number of benzene rings is 1. The van der Waals surface area contributed by atoms with Gasteiger partial charge in [0.15, 0.2) is 0 Å². The summed E-state index contributed by atoms with van der Waals surface area (Å²) in [6, 6.07) is 2.53. The van der Waals surface area contributed by atoms with E-state index in [2.05, 4.69) is 0 Å². The average molecular weight is 334 g/mol. The van der Waals surface area contributed by atoms with E-state index in [9.17, 15) is 21.2 Å². The number of nitrogens with two attached hydrogens (primary N) is 1. The van der Waals surface area contributed by atoms with Crippen LogP contribution in [0, 0.1) is 5.82 Å². The molecule has 0 spiro atoms. The Morgan fingerprint density at radius 2 is 1.90 bits per heavy atom. The van der Waals surface area contributed by atoms with Crippen LogP contribution in [0.2, 0.25) is 0 Å². The number of rotatable bonds is 3. The van der Waals surface area contributed by atoms with Crippen molar-refractivity contribution in [1.29, 1.82) is 0 Å². The van der Waals surface area contributed by atoms with Crippen molar-refractivity contribution in [2.45, 2.75) is 23.1 Å². The maximum atomic E-state index is 14.0. The van der Waals surface area contributed by atoms with Crippen LogP contribution in [0.5, 0.6) is 0 Å². The molecule has 21 heavy (non-hydrogen) atoms. The molecule has 0 fully saturated rings. The lowest BCUT2D eigenvalue weighted by molar-refractivity contribution is 0.426. The summed E-state index contributed by atoms with van der Waals surface area (Å²) in [5.74, 6) is -1.13. The summed E-state index contributed by atoms with van der Waals surface area (Å²) < 4.78 is 62.1. The summed E-state index contributed by atoms with van der Waals surface area (Å²) in [5, 5.41) is 4.88. The summed E-state index contributed by atoms with van der Waals surface area (Å²) >= 11 is 0. The van der Waals surface area contributed by atoms with Gasteiger partial charge in [0.2, 0.25) is 20.0 Å². The highest BCUT2D eigenvalue weighted by Gasteiger charge is 2.28. The van der Waals surface area contributed by atoms with Crippen LogP contribution in [-0.4, -0.2) is 34.2 Å². The van der Waals surface area contributed by atoms with Gasteiger partial charge in [0, 0.05) is 13.1 Å². The molecule has 0 amide bonds. The molecule has 9 heteroatoms. The number of primary sulfonamides is 1. The Hall–Kier alpha value is -1.29. The Morgan fingerprint density at radius 3 is 2.38 bits per heavy atom. The fourth-order valence-corrected chi connectivity index (χ4v) is 3.93. The molecule has 1 aliphatic heterocycles. The predicted octanol–water partition coefficient (Wildman–Crippen LogP) is 0.814. The molecule has 6 nitrogen and oxygen atoms in total. The van der Waals surface area contributed by atoms with E-state index in [1.165, 1.54) is 0 Å². The van der Waals surface area contributed by atoms with Gasteiger partial charge < -0.3 is 0 Å². The summed E-state index contributed by atoms with van der Waals surface area (Å²) in [7, 11) is -8.08. The first kappa shape index (κ1) is 16.1. The molecule has 116 valence electrons. The van der Waals surface area contributed by atoms with Gasteiger partial charge in [-0.1, -0.05) is 11.6 Å². The molecule has 0 radical (unpaired) electrons. The van der Waals surface area contributed by atoms with Crippen molar-refractivity contribution in [1.82, 2.24) is 4.31 Å². The molecular formula is C12H15FN2O4S2. The standard InChI is InChI=1S/C12H15FN2O4S2/c1-9-4-6-15(7-5-9)21(18,19)12-3-2-10(8-11(12)13)20(14,16)17/h2-4,8H,5-7H2,1H3,(H2,14,16,17).